The Kier molecular flexibility index (Phi) is 7.06. The average Bonchev–Trinajstić information content (AvgIpc) is 3.53. The van der Waals surface area contributed by atoms with Crippen LogP contribution in [0.3, 0.4) is 0 Å². The summed E-state index contributed by atoms with van der Waals surface area (Å²) in [6.45, 7) is 3.69. The molecule has 0 bridgehead atoms. The fraction of sp³-hybridized carbons (Fsp3) is 0.458. The molecule has 0 aromatic heterocycles. The molecule has 1 amide bonds. The zero-order chi connectivity index (χ0) is 25.5. The van der Waals surface area contributed by atoms with E-state index in [9.17, 15) is 31.5 Å². The molecule has 6 nitrogen and oxygen atoms in total. The van der Waals surface area contributed by atoms with Crippen molar-refractivity contribution in [2.45, 2.75) is 57.3 Å². The maximum absolute atomic E-state index is 13.3. The minimum absolute atomic E-state index is 0.0513. The van der Waals surface area contributed by atoms with Crippen molar-refractivity contribution in [3.05, 3.63) is 64.7 Å². The number of anilines is 1. The SMILES string of the molecule is C[C@@H](NC(=O)[C@H]1C[C@@H]1c1ccc(C(C)(C)C(F)(F)F)cc1)c1ccc(NS(C)(=O)=O)c(CO)c1. The molecule has 10 heteroatoms. The Balaban J connectivity index is 1.64. The molecule has 1 aliphatic rings. The maximum Gasteiger partial charge on any atom is 0.397 e. The first-order valence-corrected chi connectivity index (χ1v) is 12.7. The fourth-order valence-electron chi connectivity index (χ4n) is 3.88. The van der Waals surface area contributed by atoms with Gasteiger partial charge in [-0.25, -0.2) is 8.42 Å². The molecule has 0 radical (unpaired) electrons. The standard InChI is InChI=1S/C24H29F3N2O4S/c1-14(16-7-10-21(17(11-16)13-30)29-34(4,32)33)28-22(31)20-12-19(20)15-5-8-18(9-6-15)23(2,3)24(25,26)27/h5-11,14,19-20,29-30H,12-13H2,1-4H3,(H,28,31)/t14-,19-,20+/m1/s1. The highest BCUT2D eigenvalue weighted by Gasteiger charge is 2.49. The lowest BCUT2D eigenvalue weighted by Crippen LogP contribution is -2.36. The molecule has 0 spiro atoms. The fourth-order valence-corrected chi connectivity index (χ4v) is 4.48. The summed E-state index contributed by atoms with van der Waals surface area (Å²) in [6.07, 6.45) is -2.73. The number of rotatable bonds is 8. The zero-order valence-corrected chi connectivity index (χ0v) is 20.2. The zero-order valence-electron chi connectivity index (χ0n) is 19.4. The summed E-state index contributed by atoms with van der Waals surface area (Å²) in [5.41, 5.74) is 0.399. The van der Waals surface area contributed by atoms with Crippen LogP contribution in [0.2, 0.25) is 0 Å². The number of halogens is 3. The Bertz CT molecular complexity index is 1160. The van der Waals surface area contributed by atoms with E-state index in [1.54, 1.807) is 31.2 Å². The predicted molar refractivity (Wildman–Crippen MR) is 124 cm³/mol. The molecule has 1 saturated carbocycles. The number of benzene rings is 2. The Hall–Kier alpha value is -2.59. The van der Waals surface area contributed by atoms with Crippen molar-refractivity contribution in [2.24, 2.45) is 5.92 Å². The number of hydrogen-bond acceptors (Lipinski definition) is 4. The molecule has 3 N–H and O–H groups in total. The van der Waals surface area contributed by atoms with Crippen molar-refractivity contribution in [1.82, 2.24) is 5.32 Å². The minimum atomic E-state index is -4.36. The van der Waals surface area contributed by atoms with E-state index in [4.69, 9.17) is 0 Å². The average molecular weight is 499 g/mol. The second kappa shape index (κ2) is 9.22. The summed E-state index contributed by atoms with van der Waals surface area (Å²) in [4.78, 5) is 12.7. The van der Waals surface area contributed by atoms with Gasteiger partial charge in [0.1, 0.15) is 0 Å². The normalized spacial score (nSPS) is 19.4. The first-order valence-electron chi connectivity index (χ1n) is 10.8. The summed E-state index contributed by atoms with van der Waals surface area (Å²) in [5.74, 6) is -0.488. The third-order valence-electron chi connectivity index (χ3n) is 6.35. The highest BCUT2D eigenvalue weighted by atomic mass is 32.2. The number of carbonyl (C=O) groups excluding carboxylic acids is 1. The van der Waals surface area contributed by atoms with Crippen molar-refractivity contribution >= 4 is 21.6 Å². The van der Waals surface area contributed by atoms with Crippen molar-refractivity contribution in [2.75, 3.05) is 11.0 Å². The van der Waals surface area contributed by atoms with Crippen LogP contribution in [-0.4, -0.2) is 31.9 Å². The van der Waals surface area contributed by atoms with E-state index in [2.05, 4.69) is 10.0 Å². The van der Waals surface area contributed by atoms with Crippen LogP contribution in [0.25, 0.3) is 0 Å². The van der Waals surface area contributed by atoms with E-state index in [0.29, 0.717) is 17.5 Å². The van der Waals surface area contributed by atoms with Gasteiger partial charge in [-0.1, -0.05) is 30.3 Å². The highest BCUT2D eigenvalue weighted by molar-refractivity contribution is 7.92. The van der Waals surface area contributed by atoms with Crippen molar-refractivity contribution in [3.63, 3.8) is 0 Å². The van der Waals surface area contributed by atoms with E-state index in [-0.39, 0.29) is 41.6 Å². The Morgan fingerprint density at radius 1 is 1.15 bits per heavy atom. The van der Waals surface area contributed by atoms with Gasteiger partial charge in [-0.3, -0.25) is 9.52 Å². The molecule has 3 atom stereocenters. The second-order valence-electron chi connectivity index (χ2n) is 9.37. The highest BCUT2D eigenvalue weighted by Crippen LogP contribution is 2.48. The molecule has 0 heterocycles. The molecule has 0 saturated heterocycles. The van der Waals surface area contributed by atoms with Crippen LogP contribution in [0.4, 0.5) is 18.9 Å². The number of aliphatic hydroxyl groups is 1. The summed E-state index contributed by atoms with van der Waals surface area (Å²) in [6, 6.07) is 10.7. The van der Waals surface area contributed by atoms with Crippen molar-refractivity contribution in [3.8, 4) is 0 Å². The molecule has 1 aliphatic carbocycles. The molecule has 186 valence electrons. The third kappa shape index (κ3) is 5.72. The van der Waals surface area contributed by atoms with E-state index >= 15 is 0 Å². The number of hydrogen-bond donors (Lipinski definition) is 3. The summed E-state index contributed by atoms with van der Waals surface area (Å²) in [5, 5.41) is 12.5. The van der Waals surface area contributed by atoms with E-state index in [0.717, 1.165) is 25.7 Å². The van der Waals surface area contributed by atoms with Crippen LogP contribution in [0, 0.1) is 5.92 Å². The summed E-state index contributed by atoms with van der Waals surface area (Å²) < 4.78 is 65.1. The molecule has 0 unspecified atom stereocenters. The molecule has 3 rings (SSSR count). The first-order chi connectivity index (χ1) is 15.6. The Morgan fingerprint density at radius 3 is 2.29 bits per heavy atom. The smallest absolute Gasteiger partial charge is 0.392 e. The number of amides is 1. The van der Waals surface area contributed by atoms with Gasteiger partial charge < -0.3 is 10.4 Å². The van der Waals surface area contributed by atoms with Gasteiger partial charge in [-0.2, -0.15) is 13.2 Å². The van der Waals surface area contributed by atoms with Gasteiger partial charge in [0, 0.05) is 11.5 Å². The molecule has 1 fully saturated rings. The van der Waals surface area contributed by atoms with E-state index < -0.39 is 21.6 Å². The van der Waals surface area contributed by atoms with Crippen LogP contribution >= 0.6 is 0 Å². The van der Waals surface area contributed by atoms with Crippen LogP contribution in [0.5, 0.6) is 0 Å². The van der Waals surface area contributed by atoms with Gasteiger partial charge >= 0.3 is 6.18 Å². The molecular formula is C24H29F3N2O4S. The molecule has 2 aromatic rings. The van der Waals surface area contributed by atoms with Gasteiger partial charge in [0.05, 0.1) is 30.0 Å². The van der Waals surface area contributed by atoms with Crippen molar-refractivity contribution < 1.29 is 31.5 Å². The topological polar surface area (TPSA) is 95.5 Å². The number of nitrogens with one attached hydrogen (secondary N) is 2. The number of alkyl halides is 3. The Labute approximate surface area is 197 Å². The minimum Gasteiger partial charge on any atom is -0.392 e. The van der Waals surface area contributed by atoms with Crippen LogP contribution in [0.1, 0.15) is 61.4 Å². The van der Waals surface area contributed by atoms with Crippen LogP contribution < -0.4 is 10.0 Å². The lowest BCUT2D eigenvalue weighted by molar-refractivity contribution is -0.180. The third-order valence-corrected chi connectivity index (χ3v) is 6.94. The Morgan fingerprint density at radius 2 is 1.76 bits per heavy atom. The number of aliphatic hydroxyl groups excluding tert-OH is 1. The van der Waals surface area contributed by atoms with Gasteiger partial charge in [0.2, 0.25) is 15.9 Å². The quantitative estimate of drug-likeness (QED) is 0.504. The lowest BCUT2D eigenvalue weighted by atomic mass is 9.83. The first kappa shape index (κ1) is 26.0. The maximum atomic E-state index is 13.3. The van der Waals surface area contributed by atoms with Crippen molar-refractivity contribution in [1.29, 1.82) is 0 Å². The van der Waals surface area contributed by atoms with Crippen LogP contribution in [0.15, 0.2) is 42.5 Å². The largest absolute Gasteiger partial charge is 0.397 e. The number of carbonyl (C=O) groups is 1. The molecular weight excluding hydrogens is 469 g/mol. The lowest BCUT2D eigenvalue weighted by Gasteiger charge is -2.28. The molecule has 34 heavy (non-hydrogen) atoms. The molecule has 0 aliphatic heterocycles. The summed E-state index contributed by atoms with van der Waals surface area (Å²) in [7, 11) is -3.50. The monoisotopic (exact) mass is 498 g/mol. The molecule has 2 aromatic carbocycles. The van der Waals surface area contributed by atoms with Gasteiger partial charge in [0.15, 0.2) is 0 Å². The number of sulfonamides is 1. The van der Waals surface area contributed by atoms with Gasteiger partial charge in [-0.15, -0.1) is 0 Å². The summed E-state index contributed by atoms with van der Waals surface area (Å²) >= 11 is 0. The second-order valence-corrected chi connectivity index (χ2v) is 11.1. The van der Waals surface area contributed by atoms with Gasteiger partial charge in [-0.05, 0) is 61.9 Å². The van der Waals surface area contributed by atoms with E-state index in [1.807, 2.05) is 0 Å². The predicted octanol–water partition coefficient (Wildman–Crippen LogP) is 4.37. The van der Waals surface area contributed by atoms with E-state index in [1.165, 1.54) is 18.2 Å². The van der Waals surface area contributed by atoms with Crippen LogP contribution in [-0.2, 0) is 26.8 Å². The van der Waals surface area contributed by atoms with Gasteiger partial charge in [0.25, 0.3) is 0 Å².